The standard InChI is InChI=1S/C27H39NO6S/c1-17-6-11-20(26-24(32)23(31)25(33)27(34-26)35-2)14-21(17)13-19-9-7-18(8-10-19)5-3-4-12-28-15-22(30)16-29/h6-11,14,22-33H,3-5,12-13,15-16H2,1-2H3/t22?,23-,24-,25+,26+,27-/m1/s1. The second-order valence-electron chi connectivity index (χ2n) is 9.31. The third-order valence-corrected chi connectivity index (χ3v) is 7.44. The second kappa shape index (κ2) is 13.7. The Kier molecular flexibility index (Phi) is 11.0. The fourth-order valence-corrected chi connectivity index (χ4v) is 5.00. The number of thioether (sulfide) groups is 1. The first-order valence-corrected chi connectivity index (χ1v) is 13.5. The van der Waals surface area contributed by atoms with Crippen LogP contribution in [0.4, 0.5) is 0 Å². The molecule has 6 atom stereocenters. The van der Waals surface area contributed by atoms with Gasteiger partial charge in [0.1, 0.15) is 29.9 Å². The summed E-state index contributed by atoms with van der Waals surface area (Å²) in [5.74, 6) is 0. The molecule has 1 aliphatic rings. The smallest absolute Gasteiger partial charge is 0.132 e. The summed E-state index contributed by atoms with van der Waals surface area (Å²) in [6, 6.07) is 14.6. The third kappa shape index (κ3) is 7.74. The molecule has 0 radical (unpaired) electrons. The Bertz CT molecular complexity index is 909. The van der Waals surface area contributed by atoms with E-state index < -0.39 is 36.0 Å². The van der Waals surface area contributed by atoms with Gasteiger partial charge in [-0.1, -0.05) is 42.5 Å². The number of ether oxygens (including phenoxy) is 1. The number of hydrogen-bond acceptors (Lipinski definition) is 8. The van der Waals surface area contributed by atoms with Crippen LogP contribution in [0.1, 0.15) is 46.8 Å². The molecule has 2 aromatic carbocycles. The Morgan fingerprint density at radius 1 is 0.971 bits per heavy atom. The number of unbranched alkanes of at least 4 members (excludes halogenated alkanes) is 1. The van der Waals surface area contributed by atoms with Crippen molar-refractivity contribution in [1.82, 2.24) is 5.32 Å². The molecular weight excluding hydrogens is 466 g/mol. The van der Waals surface area contributed by atoms with Crippen molar-refractivity contribution in [2.75, 3.05) is 26.0 Å². The maximum Gasteiger partial charge on any atom is 0.132 e. The predicted octanol–water partition coefficient (Wildman–Crippen LogP) is 1.69. The molecule has 194 valence electrons. The maximum atomic E-state index is 10.5. The topological polar surface area (TPSA) is 122 Å². The van der Waals surface area contributed by atoms with Gasteiger partial charge in [-0.05, 0) is 73.2 Å². The zero-order chi connectivity index (χ0) is 25.4. The first kappa shape index (κ1) is 28.1. The van der Waals surface area contributed by atoms with Gasteiger partial charge in [0.25, 0.3) is 0 Å². The third-order valence-electron chi connectivity index (χ3n) is 6.58. The van der Waals surface area contributed by atoms with Crippen molar-refractivity contribution < 1.29 is 30.3 Å². The summed E-state index contributed by atoms with van der Waals surface area (Å²) in [6.07, 6.45) is 0.611. The molecule has 8 heteroatoms. The molecule has 6 N–H and O–H groups in total. The SMILES string of the molecule is CS[C@H]1O[C@@H](c2ccc(C)c(Cc3ccc(CCCCNCC(O)CO)cc3)c2)[C@H](O)[C@@H](O)[C@@H]1O. The van der Waals surface area contributed by atoms with E-state index in [1.165, 1.54) is 22.9 Å². The molecule has 1 saturated heterocycles. The lowest BCUT2D eigenvalue weighted by Crippen LogP contribution is -2.52. The number of aliphatic hydroxyl groups excluding tert-OH is 5. The van der Waals surface area contributed by atoms with Crippen LogP contribution in [0.3, 0.4) is 0 Å². The molecule has 1 heterocycles. The van der Waals surface area contributed by atoms with E-state index in [-0.39, 0.29) is 6.61 Å². The van der Waals surface area contributed by atoms with Gasteiger partial charge in [0.15, 0.2) is 0 Å². The Balaban J connectivity index is 1.57. The van der Waals surface area contributed by atoms with E-state index in [2.05, 4.69) is 36.5 Å². The van der Waals surface area contributed by atoms with Crippen LogP contribution in [0, 0.1) is 6.92 Å². The number of nitrogens with one attached hydrogen (secondary N) is 1. The number of aryl methyl sites for hydroxylation is 2. The van der Waals surface area contributed by atoms with E-state index in [0.717, 1.165) is 48.9 Å². The van der Waals surface area contributed by atoms with Crippen LogP contribution in [-0.4, -0.2) is 81.3 Å². The highest BCUT2D eigenvalue weighted by molar-refractivity contribution is 7.99. The largest absolute Gasteiger partial charge is 0.394 e. The fraction of sp³-hybridized carbons (Fsp3) is 0.556. The average molecular weight is 506 g/mol. The van der Waals surface area contributed by atoms with Gasteiger partial charge in [-0.15, -0.1) is 11.8 Å². The maximum absolute atomic E-state index is 10.5. The lowest BCUT2D eigenvalue weighted by atomic mass is 9.91. The van der Waals surface area contributed by atoms with Crippen LogP contribution in [0.15, 0.2) is 42.5 Å². The molecule has 1 unspecified atom stereocenters. The van der Waals surface area contributed by atoms with Gasteiger partial charge in [0, 0.05) is 6.54 Å². The summed E-state index contributed by atoms with van der Waals surface area (Å²) in [4.78, 5) is 0. The summed E-state index contributed by atoms with van der Waals surface area (Å²) in [5.41, 5.74) is 4.94. The molecule has 0 aromatic heterocycles. The zero-order valence-electron chi connectivity index (χ0n) is 20.5. The van der Waals surface area contributed by atoms with Crippen molar-refractivity contribution in [2.45, 2.75) is 68.6 Å². The first-order chi connectivity index (χ1) is 16.8. The molecule has 3 rings (SSSR count). The van der Waals surface area contributed by atoms with Gasteiger partial charge in [0.2, 0.25) is 0 Å². The Hall–Kier alpha value is -1.49. The van der Waals surface area contributed by atoms with Crippen molar-refractivity contribution >= 4 is 11.8 Å². The van der Waals surface area contributed by atoms with E-state index in [0.29, 0.717) is 6.54 Å². The summed E-state index contributed by atoms with van der Waals surface area (Å²) in [5, 5.41) is 52.2. The van der Waals surface area contributed by atoms with E-state index in [1.807, 2.05) is 18.2 Å². The van der Waals surface area contributed by atoms with Crippen LogP contribution >= 0.6 is 11.8 Å². The van der Waals surface area contributed by atoms with Crippen LogP contribution in [-0.2, 0) is 17.6 Å². The molecule has 2 aromatic rings. The van der Waals surface area contributed by atoms with Gasteiger partial charge in [-0.25, -0.2) is 0 Å². The number of hydrogen-bond donors (Lipinski definition) is 6. The summed E-state index contributed by atoms with van der Waals surface area (Å²) in [7, 11) is 0. The first-order valence-electron chi connectivity index (χ1n) is 12.2. The van der Waals surface area contributed by atoms with Gasteiger partial charge < -0.3 is 35.6 Å². The van der Waals surface area contributed by atoms with Crippen molar-refractivity contribution in [3.63, 3.8) is 0 Å². The van der Waals surface area contributed by atoms with Crippen LogP contribution < -0.4 is 5.32 Å². The van der Waals surface area contributed by atoms with Crippen molar-refractivity contribution in [1.29, 1.82) is 0 Å². The summed E-state index contributed by atoms with van der Waals surface area (Å²) in [6.45, 7) is 3.07. The number of benzene rings is 2. The van der Waals surface area contributed by atoms with E-state index in [4.69, 9.17) is 9.84 Å². The second-order valence-corrected chi connectivity index (χ2v) is 10.2. The lowest BCUT2D eigenvalue weighted by Gasteiger charge is -2.40. The highest BCUT2D eigenvalue weighted by Crippen LogP contribution is 2.36. The Morgan fingerprint density at radius 2 is 1.69 bits per heavy atom. The summed E-state index contributed by atoms with van der Waals surface area (Å²) >= 11 is 1.31. The highest BCUT2D eigenvalue weighted by Gasteiger charge is 2.44. The van der Waals surface area contributed by atoms with Crippen LogP contribution in [0.5, 0.6) is 0 Å². The molecule has 1 aliphatic heterocycles. The van der Waals surface area contributed by atoms with Gasteiger partial charge in [-0.2, -0.15) is 0 Å². The minimum absolute atomic E-state index is 0.217. The summed E-state index contributed by atoms with van der Waals surface area (Å²) < 4.78 is 5.93. The minimum Gasteiger partial charge on any atom is -0.394 e. The molecule has 0 saturated carbocycles. The number of rotatable bonds is 12. The molecule has 0 amide bonds. The average Bonchev–Trinajstić information content (AvgIpc) is 2.87. The molecule has 1 fully saturated rings. The Labute approximate surface area is 212 Å². The molecule has 7 nitrogen and oxygen atoms in total. The predicted molar refractivity (Wildman–Crippen MR) is 138 cm³/mol. The van der Waals surface area contributed by atoms with Crippen molar-refractivity contribution in [3.05, 3.63) is 70.3 Å². The molecule has 0 bridgehead atoms. The molecule has 0 spiro atoms. The van der Waals surface area contributed by atoms with E-state index in [9.17, 15) is 20.4 Å². The monoisotopic (exact) mass is 505 g/mol. The zero-order valence-corrected chi connectivity index (χ0v) is 21.3. The highest BCUT2D eigenvalue weighted by atomic mass is 32.2. The van der Waals surface area contributed by atoms with Gasteiger partial charge >= 0.3 is 0 Å². The van der Waals surface area contributed by atoms with E-state index in [1.54, 1.807) is 6.26 Å². The van der Waals surface area contributed by atoms with E-state index >= 15 is 0 Å². The van der Waals surface area contributed by atoms with Gasteiger partial charge in [-0.3, -0.25) is 0 Å². The van der Waals surface area contributed by atoms with Crippen LogP contribution in [0.25, 0.3) is 0 Å². The minimum atomic E-state index is -1.26. The van der Waals surface area contributed by atoms with Crippen molar-refractivity contribution in [2.24, 2.45) is 0 Å². The number of aliphatic hydroxyl groups is 5. The van der Waals surface area contributed by atoms with Gasteiger partial charge in [0.05, 0.1) is 12.7 Å². The molecule has 0 aliphatic carbocycles. The Morgan fingerprint density at radius 3 is 2.37 bits per heavy atom. The molecular formula is C27H39NO6S. The van der Waals surface area contributed by atoms with Crippen LogP contribution in [0.2, 0.25) is 0 Å². The quantitative estimate of drug-likeness (QED) is 0.241. The fourth-order valence-electron chi connectivity index (χ4n) is 4.33. The normalized spacial score (nSPS) is 25.5. The molecule has 35 heavy (non-hydrogen) atoms. The van der Waals surface area contributed by atoms with Crippen molar-refractivity contribution in [3.8, 4) is 0 Å². The lowest BCUT2D eigenvalue weighted by molar-refractivity contribution is -0.200.